The lowest BCUT2D eigenvalue weighted by Gasteiger charge is -2.37. The first kappa shape index (κ1) is 17.6. The van der Waals surface area contributed by atoms with Gasteiger partial charge in [0.15, 0.2) is 0 Å². The van der Waals surface area contributed by atoms with E-state index in [4.69, 9.17) is 0 Å². The number of aromatic nitrogens is 2. The van der Waals surface area contributed by atoms with Crippen LogP contribution in [0.5, 0.6) is 0 Å². The molecule has 1 aliphatic rings. The number of aliphatic hydroxyl groups is 1. The van der Waals surface area contributed by atoms with Crippen LogP contribution in [0.3, 0.4) is 0 Å². The molecule has 2 aromatic rings. The SMILES string of the molecule is C[C@H](c1cccc([N+](=O)[O-])c1)N1CCC([C@@H](O)c2nccn2C)CC1. The topological polar surface area (TPSA) is 84.4 Å². The summed E-state index contributed by atoms with van der Waals surface area (Å²) < 4.78 is 1.86. The molecule has 25 heavy (non-hydrogen) atoms. The van der Waals surface area contributed by atoms with Gasteiger partial charge in [-0.05, 0) is 44.3 Å². The number of aryl methyl sites for hydroxylation is 1. The van der Waals surface area contributed by atoms with Gasteiger partial charge in [0.1, 0.15) is 11.9 Å². The van der Waals surface area contributed by atoms with E-state index in [0.717, 1.165) is 31.5 Å². The molecule has 0 saturated carbocycles. The summed E-state index contributed by atoms with van der Waals surface area (Å²) >= 11 is 0. The fraction of sp³-hybridized carbons (Fsp3) is 0.500. The van der Waals surface area contributed by atoms with Gasteiger partial charge in [0.05, 0.1) is 4.92 Å². The number of hydrogen-bond acceptors (Lipinski definition) is 5. The molecule has 0 aliphatic carbocycles. The highest BCUT2D eigenvalue weighted by molar-refractivity contribution is 5.35. The molecule has 1 N–H and O–H groups in total. The maximum Gasteiger partial charge on any atom is 0.269 e. The number of imidazole rings is 1. The zero-order chi connectivity index (χ0) is 18.0. The zero-order valence-electron chi connectivity index (χ0n) is 14.6. The predicted molar refractivity (Wildman–Crippen MR) is 94.0 cm³/mol. The van der Waals surface area contributed by atoms with Crippen molar-refractivity contribution in [1.29, 1.82) is 0 Å². The molecule has 0 radical (unpaired) electrons. The van der Waals surface area contributed by atoms with Crippen molar-refractivity contribution in [3.8, 4) is 0 Å². The van der Waals surface area contributed by atoms with E-state index < -0.39 is 6.10 Å². The molecule has 0 bridgehead atoms. The van der Waals surface area contributed by atoms with Crippen molar-refractivity contribution in [1.82, 2.24) is 14.5 Å². The minimum atomic E-state index is -0.546. The van der Waals surface area contributed by atoms with E-state index in [1.54, 1.807) is 18.3 Å². The normalized spacial score (nSPS) is 18.8. The molecule has 1 aliphatic heterocycles. The Morgan fingerprint density at radius 1 is 1.36 bits per heavy atom. The van der Waals surface area contributed by atoms with Crippen LogP contribution < -0.4 is 0 Å². The highest BCUT2D eigenvalue weighted by atomic mass is 16.6. The Labute approximate surface area is 147 Å². The summed E-state index contributed by atoms with van der Waals surface area (Å²) in [5.41, 5.74) is 1.08. The number of nitro groups is 1. The lowest BCUT2D eigenvalue weighted by Crippen LogP contribution is -2.37. The smallest absolute Gasteiger partial charge is 0.269 e. The molecule has 0 unspecified atom stereocenters. The van der Waals surface area contributed by atoms with Gasteiger partial charge in [-0.15, -0.1) is 0 Å². The van der Waals surface area contributed by atoms with Crippen molar-refractivity contribution in [3.05, 3.63) is 58.2 Å². The molecule has 7 nitrogen and oxygen atoms in total. The molecule has 1 saturated heterocycles. The fourth-order valence-corrected chi connectivity index (χ4v) is 3.60. The Morgan fingerprint density at radius 2 is 2.08 bits per heavy atom. The molecule has 0 spiro atoms. The molecule has 0 amide bonds. The third kappa shape index (κ3) is 3.72. The Balaban J connectivity index is 1.63. The van der Waals surface area contributed by atoms with E-state index in [1.165, 1.54) is 6.07 Å². The molecular formula is C18H24N4O3. The average molecular weight is 344 g/mol. The van der Waals surface area contributed by atoms with Gasteiger partial charge < -0.3 is 9.67 Å². The second kappa shape index (κ2) is 7.33. The summed E-state index contributed by atoms with van der Waals surface area (Å²) in [5.74, 6) is 0.903. The van der Waals surface area contributed by atoms with Crippen LogP contribution >= 0.6 is 0 Å². The molecule has 2 heterocycles. The largest absolute Gasteiger partial charge is 0.385 e. The molecule has 1 aromatic carbocycles. The van der Waals surface area contributed by atoms with Crippen LogP contribution in [0.1, 0.15) is 43.3 Å². The Bertz CT molecular complexity index is 737. The third-order valence-electron chi connectivity index (χ3n) is 5.25. The summed E-state index contributed by atoms with van der Waals surface area (Å²) in [7, 11) is 1.89. The van der Waals surface area contributed by atoms with Crippen LogP contribution in [0, 0.1) is 16.0 Å². The van der Waals surface area contributed by atoms with Crippen molar-refractivity contribution >= 4 is 5.69 Å². The quantitative estimate of drug-likeness (QED) is 0.666. The van der Waals surface area contributed by atoms with Gasteiger partial charge >= 0.3 is 0 Å². The van der Waals surface area contributed by atoms with E-state index in [2.05, 4.69) is 16.8 Å². The van der Waals surface area contributed by atoms with Crippen LogP contribution in [0.25, 0.3) is 0 Å². The van der Waals surface area contributed by atoms with Gasteiger partial charge in [-0.2, -0.15) is 0 Å². The van der Waals surface area contributed by atoms with Crippen molar-refractivity contribution in [2.45, 2.75) is 31.9 Å². The lowest BCUT2D eigenvalue weighted by molar-refractivity contribution is -0.385. The summed E-state index contributed by atoms with van der Waals surface area (Å²) in [6.07, 6.45) is 4.77. The number of likely N-dealkylation sites (tertiary alicyclic amines) is 1. The van der Waals surface area contributed by atoms with Crippen LogP contribution in [0.15, 0.2) is 36.7 Å². The predicted octanol–water partition coefficient (Wildman–Crippen LogP) is 2.83. The molecule has 1 fully saturated rings. The Hall–Kier alpha value is -2.25. The van der Waals surface area contributed by atoms with Crippen molar-refractivity contribution in [2.24, 2.45) is 13.0 Å². The van der Waals surface area contributed by atoms with Crippen LogP contribution in [-0.4, -0.2) is 37.6 Å². The lowest BCUT2D eigenvalue weighted by atomic mass is 9.89. The number of piperidine rings is 1. The second-order valence-electron chi connectivity index (χ2n) is 6.74. The monoisotopic (exact) mass is 344 g/mol. The highest BCUT2D eigenvalue weighted by Gasteiger charge is 2.30. The van der Waals surface area contributed by atoms with Crippen LogP contribution in [-0.2, 0) is 7.05 Å². The second-order valence-corrected chi connectivity index (χ2v) is 6.74. The van der Waals surface area contributed by atoms with Gasteiger partial charge in [0.25, 0.3) is 5.69 Å². The van der Waals surface area contributed by atoms with Gasteiger partial charge in [-0.1, -0.05) is 12.1 Å². The third-order valence-corrected chi connectivity index (χ3v) is 5.25. The number of benzene rings is 1. The van der Waals surface area contributed by atoms with Crippen molar-refractivity contribution in [3.63, 3.8) is 0 Å². The minimum absolute atomic E-state index is 0.117. The maximum atomic E-state index is 11.0. The number of nitro benzene ring substituents is 1. The summed E-state index contributed by atoms with van der Waals surface area (Å²) in [5, 5.41) is 21.5. The Kier molecular flexibility index (Phi) is 5.15. The van der Waals surface area contributed by atoms with E-state index in [-0.39, 0.29) is 22.6 Å². The van der Waals surface area contributed by atoms with Crippen molar-refractivity contribution in [2.75, 3.05) is 13.1 Å². The van der Waals surface area contributed by atoms with Gasteiger partial charge in [-0.3, -0.25) is 15.0 Å². The molecule has 1 aromatic heterocycles. The van der Waals surface area contributed by atoms with Crippen LogP contribution in [0.4, 0.5) is 5.69 Å². The number of hydrogen-bond donors (Lipinski definition) is 1. The number of non-ortho nitro benzene ring substituents is 1. The number of aliphatic hydroxyl groups excluding tert-OH is 1. The van der Waals surface area contributed by atoms with E-state index in [0.29, 0.717) is 5.82 Å². The fourth-order valence-electron chi connectivity index (χ4n) is 3.60. The van der Waals surface area contributed by atoms with Crippen LogP contribution in [0.2, 0.25) is 0 Å². The minimum Gasteiger partial charge on any atom is -0.385 e. The van der Waals surface area contributed by atoms with Gasteiger partial charge in [0, 0.05) is 37.6 Å². The molecule has 134 valence electrons. The number of nitrogens with zero attached hydrogens (tertiary/aromatic N) is 4. The van der Waals surface area contributed by atoms with Crippen molar-refractivity contribution < 1.29 is 10.0 Å². The highest BCUT2D eigenvalue weighted by Crippen LogP contribution is 2.33. The molecule has 2 atom stereocenters. The van der Waals surface area contributed by atoms with E-state index in [1.807, 2.05) is 23.9 Å². The molecular weight excluding hydrogens is 320 g/mol. The van der Waals surface area contributed by atoms with E-state index >= 15 is 0 Å². The van der Waals surface area contributed by atoms with Gasteiger partial charge in [0.2, 0.25) is 0 Å². The molecule has 3 rings (SSSR count). The van der Waals surface area contributed by atoms with E-state index in [9.17, 15) is 15.2 Å². The van der Waals surface area contributed by atoms with Gasteiger partial charge in [-0.25, -0.2) is 4.98 Å². The standard InChI is InChI=1S/C18H24N4O3/c1-13(15-4-3-5-16(12-15)22(24)25)21-9-6-14(7-10-21)17(23)18-19-8-11-20(18)2/h3-5,8,11-14,17,23H,6-7,9-10H2,1-2H3/t13-,17-/m1/s1. The number of rotatable bonds is 5. The first-order chi connectivity index (χ1) is 12.0. The summed E-state index contributed by atoms with van der Waals surface area (Å²) in [6.45, 7) is 3.79. The first-order valence-corrected chi connectivity index (χ1v) is 8.61. The Morgan fingerprint density at radius 3 is 2.68 bits per heavy atom. The molecule has 7 heteroatoms. The maximum absolute atomic E-state index is 11.0. The first-order valence-electron chi connectivity index (χ1n) is 8.61. The average Bonchev–Trinajstić information content (AvgIpc) is 3.06. The summed E-state index contributed by atoms with van der Waals surface area (Å²) in [4.78, 5) is 17.2. The summed E-state index contributed by atoms with van der Waals surface area (Å²) in [6, 6.07) is 6.96. The zero-order valence-corrected chi connectivity index (χ0v) is 14.6.